The number of nitrogens with two attached hydrogens (primary N) is 1. The Morgan fingerprint density at radius 2 is 1.77 bits per heavy atom. The summed E-state index contributed by atoms with van der Waals surface area (Å²) in [7, 11) is 0. The number of carboxylic acid groups (broad SMARTS) is 1. The van der Waals surface area contributed by atoms with Crippen LogP contribution < -0.4 is 5.73 Å². The van der Waals surface area contributed by atoms with Gasteiger partial charge in [-0.05, 0) is 46.5 Å². The molecule has 0 fully saturated rings. The van der Waals surface area contributed by atoms with E-state index in [1.54, 1.807) is 6.08 Å². The lowest BCUT2D eigenvalue weighted by atomic mass is 9.93. The van der Waals surface area contributed by atoms with Crippen molar-refractivity contribution in [3.05, 3.63) is 89.5 Å². The zero-order valence-corrected chi connectivity index (χ0v) is 13.8. The second-order valence-corrected chi connectivity index (χ2v) is 5.98. The Morgan fingerprint density at radius 1 is 1.04 bits per heavy atom. The highest BCUT2D eigenvalue weighted by Gasteiger charge is 2.15. The standard InChI is InChI=1S/C21H17F2NO2/c22-16-7-8-18(19(23)12-16)17(9-10-20(24)21(25)26)15-6-5-13-3-1-2-4-14(13)11-15/h1-9,11-12,20H,10,24H2,(H,25,26)/b17-9+. The molecule has 0 spiro atoms. The number of benzene rings is 3. The molecule has 0 amide bonds. The summed E-state index contributed by atoms with van der Waals surface area (Å²) in [5.74, 6) is -2.53. The molecule has 26 heavy (non-hydrogen) atoms. The maximum atomic E-state index is 14.4. The van der Waals surface area contributed by atoms with Crippen LogP contribution in [-0.2, 0) is 4.79 Å². The quantitative estimate of drug-likeness (QED) is 0.717. The van der Waals surface area contributed by atoms with Gasteiger partial charge < -0.3 is 10.8 Å². The highest BCUT2D eigenvalue weighted by Crippen LogP contribution is 2.29. The molecule has 3 N–H and O–H groups in total. The molecule has 0 radical (unpaired) electrons. The van der Waals surface area contributed by atoms with Gasteiger partial charge in [0.05, 0.1) is 0 Å². The van der Waals surface area contributed by atoms with Crippen LogP contribution in [0.3, 0.4) is 0 Å². The van der Waals surface area contributed by atoms with Crippen LogP contribution in [0.2, 0.25) is 0 Å². The van der Waals surface area contributed by atoms with Crippen molar-refractivity contribution >= 4 is 22.3 Å². The smallest absolute Gasteiger partial charge is 0.320 e. The van der Waals surface area contributed by atoms with E-state index in [4.69, 9.17) is 10.8 Å². The van der Waals surface area contributed by atoms with Crippen LogP contribution in [0, 0.1) is 11.6 Å². The molecule has 1 atom stereocenters. The van der Waals surface area contributed by atoms with E-state index in [9.17, 15) is 13.6 Å². The van der Waals surface area contributed by atoms with Crippen molar-refractivity contribution in [1.82, 2.24) is 0 Å². The van der Waals surface area contributed by atoms with Crippen molar-refractivity contribution in [1.29, 1.82) is 0 Å². The van der Waals surface area contributed by atoms with E-state index in [1.165, 1.54) is 12.1 Å². The second kappa shape index (κ2) is 7.45. The molecule has 0 aliphatic heterocycles. The minimum atomic E-state index is -1.14. The summed E-state index contributed by atoms with van der Waals surface area (Å²) in [5.41, 5.74) is 6.95. The van der Waals surface area contributed by atoms with Crippen molar-refractivity contribution < 1.29 is 18.7 Å². The van der Waals surface area contributed by atoms with Crippen LogP contribution in [0.25, 0.3) is 16.3 Å². The summed E-state index contributed by atoms with van der Waals surface area (Å²) in [6.07, 6.45) is 1.60. The van der Waals surface area contributed by atoms with Crippen LogP contribution >= 0.6 is 0 Å². The summed E-state index contributed by atoms with van der Waals surface area (Å²) in [5, 5.41) is 11.0. The minimum Gasteiger partial charge on any atom is -0.480 e. The Labute approximate surface area is 149 Å². The predicted octanol–water partition coefficient (Wildman–Crippen LogP) is 4.35. The molecule has 3 rings (SSSR count). The van der Waals surface area contributed by atoms with Crippen molar-refractivity contribution in [2.45, 2.75) is 12.5 Å². The first-order chi connectivity index (χ1) is 12.5. The summed E-state index contributed by atoms with van der Waals surface area (Å²) in [4.78, 5) is 11.0. The molecular formula is C21H17F2NO2. The summed E-state index contributed by atoms with van der Waals surface area (Å²) in [6.45, 7) is 0. The zero-order valence-electron chi connectivity index (χ0n) is 13.8. The van der Waals surface area contributed by atoms with Crippen molar-refractivity contribution in [2.75, 3.05) is 0 Å². The molecule has 0 saturated heterocycles. The molecule has 3 nitrogen and oxygen atoms in total. The first-order valence-corrected chi connectivity index (χ1v) is 8.09. The van der Waals surface area contributed by atoms with Gasteiger partial charge in [-0.25, -0.2) is 8.78 Å². The SMILES string of the molecule is NC(C/C=C(\c1ccc2ccccc2c1)c1ccc(F)cc1F)C(=O)O. The van der Waals surface area contributed by atoms with Gasteiger partial charge in [-0.2, -0.15) is 0 Å². The van der Waals surface area contributed by atoms with Gasteiger partial charge in [0.2, 0.25) is 0 Å². The van der Waals surface area contributed by atoms with Gasteiger partial charge in [-0.15, -0.1) is 0 Å². The maximum absolute atomic E-state index is 14.4. The maximum Gasteiger partial charge on any atom is 0.320 e. The fourth-order valence-corrected chi connectivity index (χ4v) is 2.79. The first kappa shape index (κ1) is 17.8. The van der Waals surface area contributed by atoms with E-state index in [0.717, 1.165) is 16.8 Å². The number of hydrogen-bond donors (Lipinski definition) is 2. The summed E-state index contributed by atoms with van der Waals surface area (Å²) in [6, 6.07) is 15.5. The Kier molecular flexibility index (Phi) is 5.09. The number of aliphatic carboxylic acids is 1. The highest BCUT2D eigenvalue weighted by molar-refractivity contribution is 5.89. The Balaban J connectivity index is 2.12. The Morgan fingerprint density at radius 3 is 2.46 bits per heavy atom. The highest BCUT2D eigenvalue weighted by atomic mass is 19.1. The average molecular weight is 353 g/mol. The molecule has 0 aliphatic rings. The van der Waals surface area contributed by atoms with Gasteiger partial charge in [0, 0.05) is 11.6 Å². The van der Waals surface area contributed by atoms with E-state index in [2.05, 4.69) is 0 Å². The van der Waals surface area contributed by atoms with E-state index < -0.39 is 23.6 Å². The number of fused-ring (bicyclic) bond motifs is 1. The molecule has 0 aromatic heterocycles. The molecule has 3 aromatic carbocycles. The molecule has 0 heterocycles. The minimum absolute atomic E-state index is 0.0221. The van der Waals surface area contributed by atoms with Crippen LogP contribution in [-0.4, -0.2) is 17.1 Å². The lowest BCUT2D eigenvalue weighted by Crippen LogP contribution is -2.29. The zero-order chi connectivity index (χ0) is 18.7. The molecule has 5 heteroatoms. The monoisotopic (exact) mass is 353 g/mol. The molecular weight excluding hydrogens is 336 g/mol. The summed E-state index contributed by atoms with van der Waals surface area (Å²) >= 11 is 0. The fourth-order valence-electron chi connectivity index (χ4n) is 2.79. The molecule has 0 saturated carbocycles. The number of carbonyl (C=O) groups is 1. The number of hydrogen-bond acceptors (Lipinski definition) is 2. The lowest BCUT2D eigenvalue weighted by molar-refractivity contribution is -0.138. The average Bonchev–Trinajstić information content (AvgIpc) is 2.62. The van der Waals surface area contributed by atoms with Crippen LogP contribution in [0.4, 0.5) is 8.78 Å². The molecule has 3 aromatic rings. The second-order valence-electron chi connectivity index (χ2n) is 5.98. The number of carboxylic acids is 1. The summed E-state index contributed by atoms with van der Waals surface area (Å²) < 4.78 is 27.6. The molecule has 1 unspecified atom stereocenters. The molecule has 132 valence electrons. The van der Waals surface area contributed by atoms with E-state index in [1.807, 2.05) is 42.5 Å². The van der Waals surface area contributed by atoms with Crippen molar-refractivity contribution in [3.8, 4) is 0 Å². The molecule has 0 aliphatic carbocycles. The largest absolute Gasteiger partial charge is 0.480 e. The van der Waals surface area contributed by atoms with Gasteiger partial charge in [0.15, 0.2) is 0 Å². The third kappa shape index (κ3) is 3.78. The van der Waals surface area contributed by atoms with Gasteiger partial charge in [0.25, 0.3) is 0 Å². The van der Waals surface area contributed by atoms with Crippen LogP contribution in [0.1, 0.15) is 17.5 Å². The first-order valence-electron chi connectivity index (χ1n) is 8.09. The third-order valence-corrected chi connectivity index (χ3v) is 4.17. The van der Waals surface area contributed by atoms with Crippen molar-refractivity contribution in [3.63, 3.8) is 0 Å². The van der Waals surface area contributed by atoms with E-state index >= 15 is 0 Å². The number of rotatable bonds is 5. The van der Waals surface area contributed by atoms with Crippen LogP contribution in [0.15, 0.2) is 66.7 Å². The van der Waals surface area contributed by atoms with E-state index in [-0.39, 0.29) is 12.0 Å². The van der Waals surface area contributed by atoms with Gasteiger partial charge in [0.1, 0.15) is 17.7 Å². The normalized spacial score (nSPS) is 13.0. The van der Waals surface area contributed by atoms with Gasteiger partial charge in [-0.1, -0.05) is 42.5 Å². The number of halogens is 2. The predicted molar refractivity (Wildman–Crippen MR) is 97.6 cm³/mol. The van der Waals surface area contributed by atoms with Crippen LogP contribution in [0.5, 0.6) is 0 Å². The Hall–Kier alpha value is -3.05. The van der Waals surface area contributed by atoms with Crippen molar-refractivity contribution in [2.24, 2.45) is 5.73 Å². The van der Waals surface area contributed by atoms with E-state index in [0.29, 0.717) is 11.1 Å². The fraction of sp³-hybridized carbons (Fsp3) is 0.0952. The third-order valence-electron chi connectivity index (χ3n) is 4.17. The molecule has 0 bridgehead atoms. The topological polar surface area (TPSA) is 63.3 Å². The lowest BCUT2D eigenvalue weighted by Gasteiger charge is -2.12. The van der Waals surface area contributed by atoms with Gasteiger partial charge in [-0.3, -0.25) is 4.79 Å². The van der Waals surface area contributed by atoms with Gasteiger partial charge >= 0.3 is 5.97 Å². The Bertz CT molecular complexity index is 998.